The van der Waals surface area contributed by atoms with Crippen LogP contribution in [0, 0.1) is 35.0 Å². The predicted octanol–water partition coefficient (Wildman–Crippen LogP) is 5.65. The summed E-state index contributed by atoms with van der Waals surface area (Å²) in [7, 11) is 5.73. The molecule has 0 spiro atoms. The quantitative estimate of drug-likeness (QED) is 0.197. The van der Waals surface area contributed by atoms with E-state index in [2.05, 4.69) is 50.4 Å². The fourth-order valence-corrected chi connectivity index (χ4v) is 10.4. The number of ether oxygens (including phenoxy) is 1. The molecule has 2 bridgehead atoms. The first-order chi connectivity index (χ1) is 25.3. The largest absolute Gasteiger partial charge is 0.496 e. The van der Waals surface area contributed by atoms with Crippen LogP contribution in [0.2, 0.25) is 0 Å². The minimum absolute atomic E-state index is 0.0525. The number of benzene rings is 2. The molecule has 2 aromatic rings. The highest BCUT2D eigenvalue weighted by atomic mass is 16.7. The molecule has 4 N–H and O–H groups in total. The third-order valence-corrected chi connectivity index (χ3v) is 13.4. The van der Waals surface area contributed by atoms with Crippen molar-refractivity contribution in [1.82, 2.24) is 20.6 Å². The van der Waals surface area contributed by atoms with Crippen molar-refractivity contribution in [1.29, 1.82) is 0 Å². The minimum atomic E-state index is -0.883. The number of hydroxylamine groups is 2. The van der Waals surface area contributed by atoms with Crippen LogP contribution in [0.4, 0.5) is 0 Å². The number of amides is 2. The van der Waals surface area contributed by atoms with E-state index in [1.165, 1.54) is 38.5 Å². The molecule has 1 aliphatic heterocycles. The summed E-state index contributed by atoms with van der Waals surface area (Å²) in [4.78, 5) is 36.3. The second-order valence-corrected chi connectivity index (χ2v) is 17.5. The Bertz CT molecular complexity index is 1570. The van der Waals surface area contributed by atoms with Crippen molar-refractivity contribution < 1.29 is 29.4 Å². The highest BCUT2D eigenvalue weighted by Gasteiger charge is 2.57. The lowest BCUT2D eigenvalue weighted by atomic mass is 9.45. The van der Waals surface area contributed by atoms with Gasteiger partial charge in [-0.2, -0.15) is 5.06 Å². The van der Waals surface area contributed by atoms with Gasteiger partial charge in [-0.15, -0.1) is 0 Å². The average Bonchev–Trinajstić information content (AvgIpc) is 3.51. The van der Waals surface area contributed by atoms with E-state index in [4.69, 9.17) is 9.57 Å². The maximum atomic E-state index is 14.2. The highest BCUT2D eigenvalue weighted by Crippen LogP contribution is 2.61. The lowest BCUT2D eigenvalue weighted by Crippen LogP contribution is -2.62. The molecule has 7 rings (SSSR count). The Morgan fingerprint density at radius 2 is 1.83 bits per heavy atom. The molecule has 5 fully saturated rings. The highest BCUT2D eigenvalue weighted by molar-refractivity contribution is 5.96. The molecule has 2 amide bonds. The van der Waals surface area contributed by atoms with Gasteiger partial charge in [-0.05, 0) is 87.1 Å². The van der Waals surface area contributed by atoms with Gasteiger partial charge in [-0.3, -0.25) is 14.4 Å². The van der Waals surface area contributed by atoms with Crippen molar-refractivity contribution in [3.05, 3.63) is 53.6 Å². The number of para-hydroxylation sites is 1. The van der Waals surface area contributed by atoms with Gasteiger partial charge in [0.15, 0.2) is 0 Å². The number of nitrogens with one attached hydrogen (secondary N) is 2. The van der Waals surface area contributed by atoms with Crippen LogP contribution in [0.1, 0.15) is 95.0 Å². The van der Waals surface area contributed by atoms with E-state index in [0.29, 0.717) is 40.4 Å². The van der Waals surface area contributed by atoms with Gasteiger partial charge in [0.05, 0.1) is 26.4 Å². The fourth-order valence-electron chi connectivity index (χ4n) is 10.4. The number of aliphatic hydroxyl groups is 2. The van der Waals surface area contributed by atoms with Gasteiger partial charge in [0.1, 0.15) is 17.9 Å². The molecule has 0 unspecified atom stereocenters. The zero-order chi connectivity index (χ0) is 38.0. The number of nitrogens with zero attached hydrogens (tertiary/aromatic N) is 2. The molecule has 5 aliphatic rings. The van der Waals surface area contributed by atoms with Gasteiger partial charge in [-0.1, -0.05) is 83.2 Å². The molecule has 53 heavy (non-hydrogen) atoms. The Morgan fingerprint density at radius 1 is 1.09 bits per heavy atom. The Morgan fingerprint density at radius 3 is 2.47 bits per heavy atom. The Balaban J connectivity index is 1.21. The molecular weight excluding hydrogens is 668 g/mol. The lowest BCUT2D eigenvalue weighted by Gasteiger charge is -2.62. The minimum Gasteiger partial charge on any atom is -0.496 e. The van der Waals surface area contributed by atoms with Crippen molar-refractivity contribution in [2.45, 2.75) is 116 Å². The summed E-state index contributed by atoms with van der Waals surface area (Å²) in [5.41, 5.74) is 3.32. The second kappa shape index (κ2) is 16.8. The summed E-state index contributed by atoms with van der Waals surface area (Å²) in [6.07, 6.45) is 7.85. The molecule has 9 atom stereocenters. The molecule has 292 valence electrons. The first-order valence-electron chi connectivity index (χ1n) is 20.1. The van der Waals surface area contributed by atoms with E-state index in [1.807, 2.05) is 42.5 Å². The number of hydrogen-bond donors (Lipinski definition) is 4. The summed E-state index contributed by atoms with van der Waals surface area (Å²) in [5, 5.41) is 29.6. The van der Waals surface area contributed by atoms with Crippen LogP contribution in [-0.4, -0.2) is 96.7 Å². The van der Waals surface area contributed by atoms with Crippen LogP contribution < -0.4 is 15.4 Å². The first-order valence-corrected chi connectivity index (χ1v) is 20.1. The van der Waals surface area contributed by atoms with E-state index >= 15 is 0 Å². The number of rotatable bonds is 14. The van der Waals surface area contributed by atoms with Gasteiger partial charge >= 0.3 is 0 Å². The third kappa shape index (κ3) is 8.47. The van der Waals surface area contributed by atoms with Crippen LogP contribution in [0.25, 0.3) is 11.1 Å². The van der Waals surface area contributed by atoms with Crippen LogP contribution in [0.15, 0.2) is 42.5 Å². The molecule has 10 nitrogen and oxygen atoms in total. The van der Waals surface area contributed by atoms with Crippen molar-refractivity contribution in [2.24, 2.45) is 35.0 Å². The fraction of sp³-hybridized carbons (Fsp3) is 0.674. The molecule has 0 radical (unpaired) electrons. The molecule has 10 heteroatoms. The SMILES string of the molecule is COc1c(CN2O[C@@H](CO)[C@@H]([C@H](C)O)[C@H]2C(=O)N[C@H]2C[C@H]3C[C@@H]([C@@H]2C)C3(C)C)cccc1-c1cccc(C(=O)N[C@H](CC2CCCCC2)CN(C)C)c1. The second-order valence-electron chi connectivity index (χ2n) is 17.5. The summed E-state index contributed by atoms with van der Waals surface area (Å²) < 4.78 is 6.04. The topological polar surface area (TPSA) is 124 Å². The third-order valence-electron chi connectivity index (χ3n) is 13.4. The normalized spacial score (nSPS) is 29.7. The molecule has 4 saturated carbocycles. The monoisotopic (exact) mass is 732 g/mol. The number of carbonyl (C=O) groups excluding carboxylic acids is 2. The molecule has 2 aromatic carbocycles. The first kappa shape index (κ1) is 39.7. The maximum absolute atomic E-state index is 14.2. The molecule has 4 aliphatic carbocycles. The predicted molar refractivity (Wildman–Crippen MR) is 207 cm³/mol. The Hall–Kier alpha value is -3.02. The van der Waals surface area contributed by atoms with Crippen molar-refractivity contribution in [3.63, 3.8) is 0 Å². The van der Waals surface area contributed by atoms with Crippen molar-refractivity contribution in [3.8, 4) is 16.9 Å². The van der Waals surface area contributed by atoms with E-state index in [-0.39, 0.29) is 37.0 Å². The van der Waals surface area contributed by atoms with Gasteiger partial charge in [0.2, 0.25) is 5.91 Å². The van der Waals surface area contributed by atoms with Crippen molar-refractivity contribution >= 4 is 11.8 Å². The number of carbonyl (C=O) groups is 2. The van der Waals surface area contributed by atoms with Gasteiger partial charge in [0, 0.05) is 41.2 Å². The zero-order valence-electron chi connectivity index (χ0n) is 33.0. The summed E-state index contributed by atoms with van der Waals surface area (Å²) in [6, 6.07) is 12.8. The van der Waals surface area contributed by atoms with E-state index in [0.717, 1.165) is 36.1 Å². The van der Waals surface area contributed by atoms with Crippen molar-refractivity contribution in [2.75, 3.05) is 34.4 Å². The van der Waals surface area contributed by atoms with Crippen LogP contribution in [-0.2, 0) is 16.2 Å². The number of likely N-dealkylation sites (N-methyl/N-ethyl adjacent to an activating group) is 1. The van der Waals surface area contributed by atoms with Gasteiger partial charge < -0.3 is 30.5 Å². The number of methoxy groups -OCH3 is 1. The van der Waals surface area contributed by atoms with Crippen LogP contribution >= 0.6 is 0 Å². The van der Waals surface area contributed by atoms with E-state index in [9.17, 15) is 19.8 Å². The van der Waals surface area contributed by atoms with E-state index in [1.54, 1.807) is 19.1 Å². The van der Waals surface area contributed by atoms with Crippen LogP contribution in [0.3, 0.4) is 0 Å². The summed E-state index contributed by atoms with van der Waals surface area (Å²) >= 11 is 0. The molecule has 1 saturated heterocycles. The average molecular weight is 733 g/mol. The van der Waals surface area contributed by atoms with Gasteiger partial charge in [-0.25, -0.2) is 0 Å². The smallest absolute Gasteiger partial charge is 0.251 e. The number of hydrogen-bond acceptors (Lipinski definition) is 8. The Kier molecular flexibility index (Phi) is 12.6. The molecule has 1 heterocycles. The standard InChI is InChI=1S/C43H64N4O6/c1-26-35-21-32(43(35,3)4)22-36(26)45-42(51)39-38(27(2)49)37(25-48)53-47(39)23-31-17-12-18-34(40(31)52-7)29-15-11-16-30(20-29)41(50)44-33(24-46(5)6)19-28-13-9-8-10-14-28/h11-12,15-18,20,26-28,32-33,35-39,48-49H,8-10,13-14,19,21-25H2,1-7H3,(H,44,50)(H,45,51)/t26-,27-,32+,33+,35-,36-,37-,38+,39-/m0/s1. The summed E-state index contributed by atoms with van der Waals surface area (Å²) in [5.74, 6) is 1.86. The van der Waals surface area contributed by atoms with Gasteiger partial charge in [0.25, 0.3) is 5.91 Å². The Labute approximate surface area is 316 Å². The zero-order valence-corrected chi connectivity index (χ0v) is 33.0. The maximum Gasteiger partial charge on any atom is 0.251 e. The summed E-state index contributed by atoms with van der Waals surface area (Å²) in [6.45, 7) is 9.25. The number of aliphatic hydroxyl groups excluding tert-OH is 2. The lowest BCUT2D eigenvalue weighted by molar-refractivity contribution is -0.183. The van der Waals surface area contributed by atoms with Crippen LogP contribution in [0.5, 0.6) is 5.75 Å². The molecule has 0 aromatic heterocycles. The van der Waals surface area contributed by atoms with E-state index < -0.39 is 24.2 Å². The number of fused-ring (bicyclic) bond motifs is 2. The molecular formula is C43H64N4O6.